The molecule has 0 bridgehead atoms. The maximum atomic E-state index is 13.1. The van der Waals surface area contributed by atoms with Crippen molar-refractivity contribution in [1.29, 1.82) is 0 Å². The molecule has 9 nitrogen and oxygen atoms in total. The van der Waals surface area contributed by atoms with E-state index in [9.17, 15) is 22.8 Å². The van der Waals surface area contributed by atoms with Gasteiger partial charge in [0.15, 0.2) is 0 Å². The molecule has 3 heterocycles. The highest BCUT2D eigenvalue weighted by atomic mass is 19.4. The van der Waals surface area contributed by atoms with Gasteiger partial charge in [0.2, 0.25) is 5.91 Å². The number of hydrogen-bond acceptors (Lipinski definition) is 6. The van der Waals surface area contributed by atoms with E-state index >= 15 is 0 Å². The van der Waals surface area contributed by atoms with Gasteiger partial charge in [0.1, 0.15) is 11.6 Å². The van der Waals surface area contributed by atoms with Crippen LogP contribution in [-0.4, -0.2) is 116 Å². The van der Waals surface area contributed by atoms with Crippen LogP contribution in [-0.2, 0) is 23.9 Å². The molecule has 3 saturated heterocycles. The van der Waals surface area contributed by atoms with Crippen molar-refractivity contribution in [1.82, 2.24) is 14.7 Å². The molecule has 12 heteroatoms. The molecule has 1 atom stereocenters. The molecule has 0 aromatic rings. The minimum Gasteiger partial charge on any atom is -0.475 e. The van der Waals surface area contributed by atoms with Crippen LogP contribution < -0.4 is 0 Å². The Bertz CT molecular complexity index is 644. The van der Waals surface area contributed by atoms with Crippen LogP contribution >= 0.6 is 0 Å². The van der Waals surface area contributed by atoms with Crippen molar-refractivity contribution in [2.75, 3.05) is 60.1 Å². The van der Waals surface area contributed by atoms with Gasteiger partial charge in [-0.05, 0) is 32.7 Å². The first-order valence-electron chi connectivity index (χ1n) is 10.2. The number of carbonyl (C=O) groups is 3. The maximum absolute atomic E-state index is 13.1. The van der Waals surface area contributed by atoms with Gasteiger partial charge in [0.05, 0.1) is 6.61 Å². The number of piperidine rings is 1. The van der Waals surface area contributed by atoms with E-state index in [0.717, 1.165) is 25.9 Å². The summed E-state index contributed by atoms with van der Waals surface area (Å²) in [6, 6.07) is 0. The summed E-state index contributed by atoms with van der Waals surface area (Å²) in [4.78, 5) is 40.5. The molecule has 31 heavy (non-hydrogen) atoms. The second-order valence-electron chi connectivity index (χ2n) is 7.87. The number of carboxylic acids is 1. The summed E-state index contributed by atoms with van der Waals surface area (Å²) < 4.78 is 42.4. The molecule has 1 unspecified atom stereocenters. The molecule has 2 amide bonds. The number of methoxy groups -OCH3 is 1. The Morgan fingerprint density at radius 3 is 2.32 bits per heavy atom. The van der Waals surface area contributed by atoms with Gasteiger partial charge < -0.3 is 24.4 Å². The zero-order chi connectivity index (χ0) is 23.2. The normalized spacial score (nSPS) is 24.2. The van der Waals surface area contributed by atoms with Crippen LogP contribution in [0.3, 0.4) is 0 Å². The van der Waals surface area contributed by atoms with E-state index in [2.05, 4.69) is 4.90 Å². The lowest BCUT2D eigenvalue weighted by molar-refractivity contribution is -0.192. The van der Waals surface area contributed by atoms with Crippen LogP contribution in [0.25, 0.3) is 0 Å². The topological polar surface area (TPSA) is 99.6 Å². The largest absolute Gasteiger partial charge is 0.490 e. The summed E-state index contributed by atoms with van der Waals surface area (Å²) in [5, 5.41) is 7.12. The van der Waals surface area contributed by atoms with E-state index in [1.807, 2.05) is 16.8 Å². The summed E-state index contributed by atoms with van der Waals surface area (Å²) >= 11 is 0. The van der Waals surface area contributed by atoms with Gasteiger partial charge >= 0.3 is 12.1 Å². The number of piperazine rings is 1. The molecule has 3 aliphatic rings. The fourth-order valence-corrected chi connectivity index (χ4v) is 4.13. The van der Waals surface area contributed by atoms with Crippen LogP contribution in [0.5, 0.6) is 0 Å². The number of rotatable bonds is 4. The highest BCUT2D eigenvalue weighted by molar-refractivity contribution is 5.88. The number of amides is 2. The van der Waals surface area contributed by atoms with Crippen LogP contribution in [0.15, 0.2) is 0 Å². The molecule has 0 radical (unpaired) electrons. The predicted molar refractivity (Wildman–Crippen MR) is 102 cm³/mol. The fourth-order valence-electron chi connectivity index (χ4n) is 4.13. The number of nitrogens with zero attached hydrogens (tertiary/aromatic N) is 3. The smallest absolute Gasteiger partial charge is 0.475 e. The minimum absolute atomic E-state index is 0.101. The SMILES string of the molecule is COCCN1CCN(C)C2(CCN(C(=O)C3CCCO3)CC2)C1=O.O=C(O)C(F)(F)F. The number of likely N-dealkylation sites (N-methyl/N-ethyl adjacent to an activating group) is 1. The second-order valence-corrected chi connectivity index (χ2v) is 7.87. The molecule has 3 fully saturated rings. The van der Waals surface area contributed by atoms with Crippen LogP contribution in [0.2, 0.25) is 0 Å². The van der Waals surface area contributed by atoms with Crippen LogP contribution in [0.4, 0.5) is 13.2 Å². The number of aliphatic carboxylic acids is 1. The van der Waals surface area contributed by atoms with Crippen molar-refractivity contribution in [3.63, 3.8) is 0 Å². The lowest BCUT2D eigenvalue weighted by Gasteiger charge is -2.51. The molecule has 0 aromatic heterocycles. The number of carbonyl (C=O) groups excluding carboxylic acids is 2. The lowest BCUT2D eigenvalue weighted by Crippen LogP contribution is -2.68. The van der Waals surface area contributed by atoms with E-state index < -0.39 is 17.7 Å². The lowest BCUT2D eigenvalue weighted by atomic mass is 9.82. The summed E-state index contributed by atoms with van der Waals surface area (Å²) in [6.07, 6.45) is -2.17. The molecule has 1 spiro atoms. The Morgan fingerprint density at radius 2 is 1.84 bits per heavy atom. The van der Waals surface area contributed by atoms with E-state index in [4.69, 9.17) is 19.4 Å². The average Bonchev–Trinajstić information content (AvgIpc) is 3.26. The first-order valence-corrected chi connectivity index (χ1v) is 10.2. The Balaban J connectivity index is 0.000000423. The average molecular weight is 453 g/mol. The third-order valence-corrected chi connectivity index (χ3v) is 6.04. The molecule has 178 valence electrons. The predicted octanol–water partition coefficient (Wildman–Crippen LogP) is 0.580. The van der Waals surface area contributed by atoms with E-state index in [1.54, 1.807) is 7.11 Å². The van der Waals surface area contributed by atoms with Gasteiger partial charge in [-0.2, -0.15) is 13.2 Å². The molecule has 1 N–H and O–H groups in total. The fraction of sp³-hybridized carbons (Fsp3) is 0.842. The van der Waals surface area contributed by atoms with E-state index in [0.29, 0.717) is 45.7 Å². The van der Waals surface area contributed by atoms with Crippen LogP contribution in [0, 0.1) is 0 Å². The summed E-state index contributed by atoms with van der Waals surface area (Å²) in [5.74, 6) is -2.46. The maximum Gasteiger partial charge on any atom is 0.490 e. The molecule has 0 aliphatic carbocycles. The Morgan fingerprint density at radius 1 is 1.23 bits per heavy atom. The first-order chi connectivity index (χ1) is 14.5. The van der Waals surface area contributed by atoms with E-state index in [1.165, 1.54) is 0 Å². The second kappa shape index (κ2) is 10.6. The van der Waals surface area contributed by atoms with Crippen molar-refractivity contribution in [3.05, 3.63) is 0 Å². The zero-order valence-corrected chi connectivity index (χ0v) is 17.8. The van der Waals surface area contributed by atoms with E-state index in [-0.39, 0.29) is 17.9 Å². The van der Waals surface area contributed by atoms with Gasteiger partial charge in [-0.3, -0.25) is 14.5 Å². The zero-order valence-electron chi connectivity index (χ0n) is 17.8. The first kappa shape index (κ1) is 25.3. The quantitative estimate of drug-likeness (QED) is 0.665. The Labute approximate surface area is 179 Å². The third kappa shape index (κ3) is 6.07. The summed E-state index contributed by atoms with van der Waals surface area (Å²) in [6.45, 7) is 4.77. The Kier molecular flexibility index (Phi) is 8.66. The van der Waals surface area contributed by atoms with Crippen molar-refractivity contribution in [3.8, 4) is 0 Å². The van der Waals surface area contributed by atoms with Gasteiger partial charge in [-0.1, -0.05) is 0 Å². The molecule has 3 aliphatic heterocycles. The highest BCUT2D eigenvalue weighted by Gasteiger charge is 2.50. The third-order valence-electron chi connectivity index (χ3n) is 6.04. The molecule has 3 rings (SSSR count). The molecule has 0 aromatic carbocycles. The van der Waals surface area contributed by atoms with Gasteiger partial charge in [0, 0.05) is 46.4 Å². The number of carboxylic acid groups (broad SMARTS) is 1. The number of halogens is 3. The van der Waals surface area contributed by atoms with Crippen molar-refractivity contribution >= 4 is 17.8 Å². The van der Waals surface area contributed by atoms with Crippen molar-refractivity contribution in [2.45, 2.75) is 43.5 Å². The number of hydrogen-bond donors (Lipinski definition) is 1. The van der Waals surface area contributed by atoms with Crippen molar-refractivity contribution < 1.29 is 42.1 Å². The van der Waals surface area contributed by atoms with Gasteiger partial charge in [-0.25, -0.2) is 4.79 Å². The van der Waals surface area contributed by atoms with Gasteiger partial charge in [-0.15, -0.1) is 0 Å². The molecule has 0 saturated carbocycles. The molecular formula is C19H30F3N3O6. The van der Waals surface area contributed by atoms with Gasteiger partial charge in [0.25, 0.3) is 5.91 Å². The monoisotopic (exact) mass is 453 g/mol. The number of alkyl halides is 3. The van der Waals surface area contributed by atoms with Crippen molar-refractivity contribution in [2.24, 2.45) is 0 Å². The highest BCUT2D eigenvalue weighted by Crippen LogP contribution is 2.33. The standard InChI is InChI=1S/C17H29N3O4.C2HF3O2/c1-18-9-10-20(11-13-23-2)16(22)17(18)5-7-19(8-6-17)15(21)14-4-3-12-24-14;3-2(4,5)1(6)7/h14H,3-13H2,1-2H3;(H,6,7). The summed E-state index contributed by atoms with van der Waals surface area (Å²) in [5.41, 5.74) is -0.459. The van der Waals surface area contributed by atoms with Crippen LogP contribution in [0.1, 0.15) is 25.7 Å². The minimum atomic E-state index is -5.08. The summed E-state index contributed by atoms with van der Waals surface area (Å²) in [7, 11) is 3.69. The Hall–Kier alpha value is -1.92. The number of likely N-dealkylation sites (tertiary alicyclic amines) is 1. The number of ether oxygens (including phenoxy) is 2. The molecular weight excluding hydrogens is 423 g/mol.